The quantitative estimate of drug-likeness (QED) is 0.705. The zero-order chi connectivity index (χ0) is 8.23. The monoisotopic (exact) mass is 164 g/mol. The van der Waals surface area contributed by atoms with E-state index in [2.05, 4.69) is 20.4 Å². The maximum atomic E-state index is 3.93. The van der Waals surface area contributed by atoms with E-state index in [9.17, 15) is 0 Å². The summed E-state index contributed by atoms with van der Waals surface area (Å²) in [4.78, 5) is 7.85. The first-order chi connectivity index (χ1) is 5.95. The molecule has 4 heteroatoms. The molecule has 1 aromatic rings. The van der Waals surface area contributed by atoms with Crippen LogP contribution in [0.5, 0.6) is 0 Å². The molecule has 0 unspecified atom stereocenters. The van der Waals surface area contributed by atoms with Crippen LogP contribution in [0.1, 0.15) is 12.8 Å². The van der Waals surface area contributed by atoms with E-state index in [0.29, 0.717) is 0 Å². The van der Waals surface area contributed by atoms with Crippen molar-refractivity contribution >= 4 is 5.69 Å². The molecule has 1 aliphatic rings. The summed E-state index contributed by atoms with van der Waals surface area (Å²) in [5.41, 5.74) is 4.22. The molecule has 1 N–H and O–H groups in total. The Morgan fingerprint density at radius 1 is 1.17 bits per heavy atom. The molecule has 1 fully saturated rings. The fourth-order valence-electron chi connectivity index (χ4n) is 1.37. The SMILES string of the molecule is c1ncc(NN2CCCC2)cn1. The Balaban J connectivity index is 1.94. The van der Waals surface area contributed by atoms with E-state index in [4.69, 9.17) is 0 Å². The lowest BCUT2D eigenvalue weighted by atomic mass is 10.4. The highest BCUT2D eigenvalue weighted by Crippen LogP contribution is 2.09. The van der Waals surface area contributed by atoms with Crippen LogP contribution in [-0.2, 0) is 0 Å². The summed E-state index contributed by atoms with van der Waals surface area (Å²) >= 11 is 0. The van der Waals surface area contributed by atoms with Crippen molar-refractivity contribution in [1.29, 1.82) is 0 Å². The second-order valence-electron chi connectivity index (χ2n) is 2.93. The minimum absolute atomic E-state index is 0.972. The van der Waals surface area contributed by atoms with Crippen molar-refractivity contribution in [2.75, 3.05) is 18.5 Å². The maximum Gasteiger partial charge on any atom is 0.115 e. The lowest BCUT2D eigenvalue weighted by Crippen LogP contribution is -2.26. The number of aromatic nitrogens is 2. The Morgan fingerprint density at radius 3 is 2.50 bits per heavy atom. The first-order valence-corrected chi connectivity index (χ1v) is 4.22. The highest BCUT2D eigenvalue weighted by Gasteiger charge is 2.10. The zero-order valence-electron chi connectivity index (χ0n) is 6.90. The first-order valence-electron chi connectivity index (χ1n) is 4.22. The van der Waals surface area contributed by atoms with Gasteiger partial charge in [-0.2, -0.15) is 0 Å². The van der Waals surface area contributed by atoms with E-state index in [1.165, 1.54) is 19.2 Å². The van der Waals surface area contributed by atoms with Gasteiger partial charge in [0.05, 0.1) is 18.1 Å². The van der Waals surface area contributed by atoms with Crippen molar-refractivity contribution < 1.29 is 0 Å². The number of hydrogen-bond donors (Lipinski definition) is 1. The van der Waals surface area contributed by atoms with Crippen LogP contribution < -0.4 is 5.43 Å². The number of anilines is 1. The molecule has 2 heterocycles. The van der Waals surface area contributed by atoms with Gasteiger partial charge in [0, 0.05) is 13.1 Å². The van der Waals surface area contributed by atoms with Gasteiger partial charge in [0.25, 0.3) is 0 Å². The largest absolute Gasteiger partial charge is 0.316 e. The van der Waals surface area contributed by atoms with Gasteiger partial charge in [0.1, 0.15) is 6.33 Å². The Morgan fingerprint density at radius 2 is 1.83 bits per heavy atom. The standard InChI is InChI=1S/C8H12N4/c1-2-4-12(3-1)11-8-5-9-7-10-6-8/h5-7,11H,1-4H2. The molecule has 0 amide bonds. The van der Waals surface area contributed by atoms with E-state index in [0.717, 1.165) is 18.8 Å². The minimum atomic E-state index is 0.972. The first kappa shape index (κ1) is 7.49. The molecule has 1 aromatic heterocycles. The van der Waals surface area contributed by atoms with Gasteiger partial charge in [-0.3, -0.25) is 0 Å². The summed E-state index contributed by atoms with van der Waals surface area (Å²) in [6, 6.07) is 0. The molecular formula is C8H12N4. The number of rotatable bonds is 2. The fraction of sp³-hybridized carbons (Fsp3) is 0.500. The molecule has 0 aliphatic carbocycles. The van der Waals surface area contributed by atoms with Crippen molar-refractivity contribution in [3.8, 4) is 0 Å². The third-order valence-corrected chi connectivity index (χ3v) is 1.95. The van der Waals surface area contributed by atoms with Gasteiger partial charge in [0.2, 0.25) is 0 Å². The van der Waals surface area contributed by atoms with Crippen LogP contribution in [0.25, 0.3) is 0 Å². The maximum absolute atomic E-state index is 3.93. The average molecular weight is 164 g/mol. The van der Waals surface area contributed by atoms with Crippen molar-refractivity contribution in [2.45, 2.75) is 12.8 Å². The average Bonchev–Trinajstić information content (AvgIpc) is 2.59. The molecule has 0 saturated carbocycles. The summed E-state index contributed by atoms with van der Waals surface area (Å²) in [5, 5.41) is 2.19. The summed E-state index contributed by atoms with van der Waals surface area (Å²) in [6.07, 6.45) is 7.66. The van der Waals surface area contributed by atoms with E-state index >= 15 is 0 Å². The second-order valence-corrected chi connectivity index (χ2v) is 2.93. The van der Waals surface area contributed by atoms with Crippen LogP contribution in [0.4, 0.5) is 5.69 Å². The van der Waals surface area contributed by atoms with Crippen molar-refractivity contribution in [2.24, 2.45) is 0 Å². The molecule has 12 heavy (non-hydrogen) atoms. The summed E-state index contributed by atoms with van der Waals surface area (Å²) in [7, 11) is 0. The molecule has 0 aromatic carbocycles. The third kappa shape index (κ3) is 1.71. The van der Waals surface area contributed by atoms with E-state index in [1.54, 1.807) is 12.4 Å². The van der Waals surface area contributed by atoms with Crippen LogP contribution in [0.15, 0.2) is 18.7 Å². The molecule has 4 nitrogen and oxygen atoms in total. The minimum Gasteiger partial charge on any atom is -0.316 e. The van der Waals surface area contributed by atoms with Gasteiger partial charge in [0.15, 0.2) is 0 Å². The van der Waals surface area contributed by atoms with E-state index in [-0.39, 0.29) is 0 Å². The van der Waals surface area contributed by atoms with Gasteiger partial charge in [-0.05, 0) is 12.8 Å². The predicted molar refractivity (Wildman–Crippen MR) is 46.5 cm³/mol. The summed E-state index contributed by atoms with van der Waals surface area (Å²) < 4.78 is 0. The number of nitrogens with zero attached hydrogens (tertiary/aromatic N) is 3. The fourth-order valence-corrected chi connectivity index (χ4v) is 1.37. The number of nitrogens with one attached hydrogen (secondary N) is 1. The molecule has 64 valence electrons. The smallest absolute Gasteiger partial charge is 0.115 e. The Bertz CT molecular complexity index is 230. The second kappa shape index (κ2) is 3.49. The zero-order valence-corrected chi connectivity index (χ0v) is 6.90. The van der Waals surface area contributed by atoms with Gasteiger partial charge < -0.3 is 5.43 Å². The Labute approximate surface area is 71.6 Å². The topological polar surface area (TPSA) is 41.1 Å². The molecule has 0 atom stereocenters. The molecule has 0 spiro atoms. The van der Waals surface area contributed by atoms with Gasteiger partial charge in [-0.1, -0.05) is 0 Å². The van der Waals surface area contributed by atoms with Gasteiger partial charge in [-0.25, -0.2) is 15.0 Å². The normalized spacial score (nSPS) is 18.0. The van der Waals surface area contributed by atoms with Crippen LogP contribution in [0, 0.1) is 0 Å². The van der Waals surface area contributed by atoms with E-state index in [1.807, 2.05) is 0 Å². The molecule has 1 saturated heterocycles. The number of hydrazine groups is 1. The van der Waals surface area contributed by atoms with E-state index < -0.39 is 0 Å². The molecule has 1 aliphatic heterocycles. The van der Waals surface area contributed by atoms with Crippen molar-refractivity contribution in [3.63, 3.8) is 0 Å². The van der Waals surface area contributed by atoms with Gasteiger partial charge in [-0.15, -0.1) is 0 Å². The highest BCUT2D eigenvalue weighted by molar-refractivity contribution is 5.35. The molecule has 0 bridgehead atoms. The highest BCUT2D eigenvalue weighted by atomic mass is 15.5. The Kier molecular flexibility index (Phi) is 2.18. The number of hydrogen-bond acceptors (Lipinski definition) is 4. The third-order valence-electron chi connectivity index (χ3n) is 1.95. The van der Waals surface area contributed by atoms with Crippen molar-refractivity contribution in [1.82, 2.24) is 15.0 Å². The van der Waals surface area contributed by atoms with Crippen molar-refractivity contribution in [3.05, 3.63) is 18.7 Å². The lowest BCUT2D eigenvalue weighted by Gasteiger charge is -2.16. The molecular weight excluding hydrogens is 152 g/mol. The van der Waals surface area contributed by atoms with Crippen LogP contribution in [0.3, 0.4) is 0 Å². The Hall–Kier alpha value is -1.16. The molecule has 0 radical (unpaired) electrons. The van der Waals surface area contributed by atoms with Crippen LogP contribution in [-0.4, -0.2) is 28.1 Å². The van der Waals surface area contributed by atoms with Gasteiger partial charge >= 0.3 is 0 Å². The molecule has 2 rings (SSSR count). The van der Waals surface area contributed by atoms with Crippen LogP contribution in [0.2, 0.25) is 0 Å². The van der Waals surface area contributed by atoms with Crippen LogP contribution >= 0.6 is 0 Å². The predicted octanol–water partition coefficient (Wildman–Crippen LogP) is 0.899. The summed E-state index contributed by atoms with van der Waals surface area (Å²) in [6.45, 7) is 2.24. The lowest BCUT2D eigenvalue weighted by molar-refractivity contribution is 0.410. The summed E-state index contributed by atoms with van der Waals surface area (Å²) in [5.74, 6) is 0.